The fourth-order valence-corrected chi connectivity index (χ4v) is 1.98. The molecule has 0 bridgehead atoms. The van der Waals surface area contributed by atoms with Gasteiger partial charge in [-0.15, -0.1) is 0 Å². The van der Waals surface area contributed by atoms with Crippen LogP contribution in [-0.4, -0.2) is 0 Å². The molecule has 0 aliphatic rings. The Labute approximate surface area is 108 Å². The highest BCUT2D eigenvalue weighted by atomic mass is 19.1. The Kier molecular flexibility index (Phi) is 4.11. The molecule has 1 unspecified atom stereocenters. The maximum atomic E-state index is 13.0. The van der Waals surface area contributed by atoms with Crippen LogP contribution in [0.3, 0.4) is 0 Å². The number of hydrogen-bond donors (Lipinski definition) is 1. The van der Waals surface area contributed by atoms with E-state index in [-0.39, 0.29) is 11.9 Å². The molecule has 2 rings (SSSR count). The molecule has 0 heterocycles. The molecule has 94 valence electrons. The zero-order valence-corrected chi connectivity index (χ0v) is 10.8. The average molecular weight is 243 g/mol. The zero-order valence-electron chi connectivity index (χ0n) is 10.8. The maximum absolute atomic E-state index is 13.0. The van der Waals surface area contributed by atoms with Crippen LogP contribution >= 0.6 is 0 Å². The first-order valence-corrected chi connectivity index (χ1v) is 6.19. The number of hydrogen-bond acceptors (Lipinski definition) is 1. The second-order valence-electron chi connectivity index (χ2n) is 4.65. The molecular weight excluding hydrogens is 225 g/mol. The summed E-state index contributed by atoms with van der Waals surface area (Å²) in [5.41, 5.74) is 3.48. The van der Waals surface area contributed by atoms with E-state index in [9.17, 15) is 4.39 Å². The summed E-state index contributed by atoms with van der Waals surface area (Å²) in [6, 6.07) is 15.4. The van der Waals surface area contributed by atoms with Gasteiger partial charge in [-0.1, -0.05) is 42.0 Å². The van der Waals surface area contributed by atoms with Crippen molar-refractivity contribution in [3.63, 3.8) is 0 Å². The van der Waals surface area contributed by atoms with Gasteiger partial charge in [0, 0.05) is 12.6 Å². The topological polar surface area (TPSA) is 12.0 Å². The van der Waals surface area contributed by atoms with E-state index in [1.54, 1.807) is 12.1 Å². The first kappa shape index (κ1) is 12.8. The Morgan fingerprint density at radius 2 is 1.89 bits per heavy atom. The molecular formula is C16H18FN. The Morgan fingerprint density at radius 1 is 1.11 bits per heavy atom. The van der Waals surface area contributed by atoms with Crippen molar-refractivity contribution in [3.05, 3.63) is 71.0 Å². The van der Waals surface area contributed by atoms with Gasteiger partial charge in [-0.25, -0.2) is 4.39 Å². The SMILES string of the molecule is Cc1cccc(C(C)NCc2cccc(F)c2)c1. The standard InChI is InChI=1S/C16H18FN/c1-12-5-3-7-15(9-12)13(2)18-11-14-6-4-8-16(17)10-14/h3-10,13,18H,11H2,1-2H3. The van der Waals surface area contributed by atoms with Gasteiger partial charge in [0.05, 0.1) is 0 Å². The highest BCUT2D eigenvalue weighted by Crippen LogP contribution is 2.14. The lowest BCUT2D eigenvalue weighted by Crippen LogP contribution is -2.18. The molecule has 0 spiro atoms. The molecule has 2 aromatic rings. The van der Waals surface area contributed by atoms with Crippen LogP contribution in [-0.2, 0) is 6.54 Å². The van der Waals surface area contributed by atoms with Crippen LogP contribution in [0.5, 0.6) is 0 Å². The third-order valence-corrected chi connectivity index (χ3v) is 3.04. The highest BCUT2D eigenvalue weighted by molar-refractivity contribution is 5.25. The van der Waals surface area contributed by atoms with Crippen LogP contribution in [0.15, 0.2) is 48.5 Å². The first-order chi connectivity index (χ1) is 8.65. The van der Waals surface area contributed by atoms with E-state index in [1.165, 1.54) is 17.2 Å². The number of benzene rings is 2. The molecule has 2 aromatic carbocycles. The van der Waals surface area contributed by atoms with Gasteiger partial charge < -0.3 is 5.32 Å². The van der Waals surface area contributed by atoms with E-state index in [2.05, 4.69) is 43.4 Å². The fourth-order valence-electron chi connectivity index (χ4n) is 1.98. The van der Waals surface area contributed by atoms with E-state index >= 15 is 0 Å². The largest absolute Gasteiger partial charge is 0.306 e. The molecule has 1 N–H and O–H groups in total. The van der Waals surface area contributed by atoms with Gasteiger partial charge in [0.1, 0.15) is 5.82 Å². The van der Waals surface area contributed by atoms with Crippen molar-refractivity contribution in [1.29, 1.82) is 0 Å². The monoisotopic (exact) mass is 243 g/mol. The van der Waals surface area contributed by atoms with E-state index < -0.39 is 0 Å². The van der Waals surface area contributed by atoms with Crippen LogP contribution in [0.1, 0.15) is 29.7 Å². The van der Waals surface area contributed by atoms with Gasteiger partial charge >= 0.3 is 0 Å². The summed E-state index contributed by atoms with van der Waals surface area (Å²) in [7, 11) is 0. The Morgan fingerprint density at radius 3 is 2.61 bits per heavy atom. The normalized spacial score (nSPS) is 12.4. The molecule has 0 aromatic heterocycles. The quantitative estimate of drug-likeness (QED) is 0.856. The smallest absolute Gasteiger partial charge is 0.123 e. The molecule has 0 fully saturated rings. The second-order valence-corrected chi connectivity index (χ2v) is 4.65. The second kappa shape index (κ2) is 5.78. The van der Waals surface area contributed by atoms with Crippen LogP contribution in [0.2, 0.25) is 0 Å². The minimum Gasteiger partial charge on any atom is -0.306 e. The lowest BCUT2D eigenvalue weighted by molar-refractivity contribution is 0.569. The summed E-state index contributed by atoms with van der Waals surface area (Å²) < 4.78 is 13.0. The Hall–Kier alpha value is -1.67. The van der Waals surface area contributed by atoms with Gasteiger partial charge in [-0.05, 0) is 37.1 Å². The van der Waals surface area contributed by atoms with E-state index in [0.29, 0.717) is 6.54 Å². The summed E-state index contributed by atoms with van der Waals surface area (Å²) in [5, 5.41) is 3.40. The summed E-state index contributed by atoms with van der Waals surface area (Å²) in [4.78, 5) is 0. The number of rotatable bonds is 4. The van der Waals surface area contributed by atoms with Gasteiger partial charge in [-0.3, -0.25) is 0 Å². The molecule has 1 nitrogen and oxygen atoms in total. The molecule has 0 radical (unpaired) electrons. The molecule has 0 aliphatic carbocycles. The molecule has 0 saturated heterocycles. The van der Waals surface area contributed by atoms with E-state index in [4.69, 9.17) is 0 Å². The molecule has 2 heteroatoms. The molecule has 0 aliphatic heterocycles. The molecule has 0 amide bonds. The Balaban J connectivity index is 1.98. The maximum Gasteiger partial charge on any atom is 0.123 e. The van der Waals surface area contributed by atoms with Crippen molar-refractivity contribution in [3.8, 4) is 0 Å². The highest BCUT2D eigenvalue weighted by Gasteiger charge is 2.04. The fraction of sp³-hybridized carbons (Fsp3) is 0.250. The number of nitrogens with one attached hydrogen (secondary N) is 1. The van der Waals surface area contributed by atoms with Crippen LogP contribution in [0.4, 0.5) is 4.39 Å². The lowest BCUT2D eigenvalue weighted by atomic mass is 10.1. The van der Waals surface area contributed by atoms with Gasteiger partial charge in [0.25, 0.3) is 0 Å². The first-order valence-electron chi connectivity index (χ1n) is 6.19. The Bertz CT molecular complexity index is 522. The molecule has 0 saturated carbocycles. The van der Waals surface area contributed by atoms with Crippen molar-refractivity contribution in [1.82, 2.24) is 5.32 Å². The van der Waals surface area contributed by atoms with Crippen molar-refractivity contribution in [2.45, 2.75) is 26.4 Å². The zero-order chi connectivity index (χ0) is 13.0. The van der Waals surface area contributed by atoms with Crippen molar-refractivity contribution >= 4 is 0 Å². The van der Waals surface area contributed by atoms with Crippen molar-refractivity contribution in [2.24, 2.45) is 0 Å². The number of aryl methyl sites for hydroxylation is 1. The average Bonchev–Trinajstić information content (AvgIpc) is 2.36. The molecule has 18 heavy (non-hydrogen) atoms. The minimum atomic E-state index is -0.183. The van der Waals surface area contributed by atoms with Gasteiger partial charge in [0.15, 0.2) is 0 Å². The van der Waals surface area contributed by atoms with E-state index in [1.807, 2.05) is 6.07 Å². The lowest BCUT2D eigenvalue weighted by Gasteiger charge is -2.15. The van der Waals surface area contributed by atoms with Crippen molar-refractivity contribution in [2.75, 3.05) is 0 Å². The van der Waals surface area contributed by atoms with Gasteiger partial charge in [-0.2, -0.15) is 0 Å². The third kappa shape index (κ3) is 3.41. The predicted octanol–water partition coefficient (Wildman–Crippen LogP) is 3.98. The van der Waals surface area contributed by atoms with Crippen molar-refractivity contribution < 1.29 is 4.39 Å². The minimum absolute atomic E-state index is 0.183. The summed E-state index contributed by atoms with van der Waals surface area (Å²) in [5.74, 6) is -0.183. The molecule has 1 atom stereocenters. The van der Waals surface area contributed by atoms with Gasteiger partial charge in [0.2, 0.25) is 0 Å². The third-order valence-electron chi connectivity index (χ3n) is 3.04. The number of halogens is 1. The van der Waals surface area contributed by atoms with E-state index in [0.717, 1.165) is 5.56 Å². The van der Waals surface area contributed by atoms with Crippen LogP contribution in [0, 0.1) is 12.7 Å². The predicted molar refractivity (Wildman–Crippen MR) is 72.8 cm³/mol. The van der Waals surface area contributed by atoms with Crippen LogP contribution < -0.4 is 5.32 Å². The summed E-state index contributed by atoms with van der Waals surface area (Å²) in [6.07, 6.45) is 0. The summed E-state index contributed by atoms with van der Waals surface area (Å²) in [6.45, 7) is 4.88. The summed E-state index contributed by atoms with van der Waals surface area (Å²) >= 11 is 0. The van der Waals surface area contributed by atoms with Crippen LogP contribution in [0.25, 0.3) is 0 Å².